The van der Waals surface area contributed by atoms with Gasteiger partial charge < -0.3 is 4.90 Å². The van der Waals surface area contributed by atoms with E-state index in [-0.39, 0.29) is 11.8 Å². The zero-order valence-electron chi connectivity index (χ0n) is 18.9. The summed E-state index contributed by atoms with van der Waals surface area (Å²) in [6, 6.07) is 9.98. The van der Waals surface area contributed by atoms with Crippen molar-refractivity contribution in [2.75, 3.05) is 19.4 Å². The molecule has 0 unspecified atom stereocenters. The number of aryl methyl sites for hydroxylation is 4. The average Bonchev–Trinajstić information content (AvgIpc) is 3.31. The smallest absolute Gasteiger partial charge is 0.265 e. The van der Waals surface area contributed by atoms with Gasteiger partial charge in [-0.1, -0.05) is 23.0 Å². The van der Waals surface area contributed by atoms with Gasteiger partial charge in [-0.25, -0.2) is 9.97 Å². The quantitative estimate of drug-likeness (QED) is 0.426. The van der Waals surface area contributed by atoms with Crippen LogP contribution in [0.2, 0.25) is 0 Å². The van der Waals surface area contributed by atoms with Crippen molar-refractivity contribution in [1.29, 1.82) is 0 Å². The van der Waals surface area contributed by atoms with Crippen molar-refractivity contribution in [3.05, 3.63) is 62.5 Å². The molecule has 6 nitrogen and oxygen atoms in total. The maximum Gasteiger partial charge on any atom is 0.265 e. The number of aromatic nitrogens is 2. The van der Waals surface area contributed by atoms with Gasteiger partial charge in [-0.15, -0.1) is 11.3 Å². The number of pyridine rings is 1. The van der Waals surface area contributed by atoms with Crippen molar-refractivity contribution in [2.24, 2.45) is 0 Å². The Morgan fingerprint density at radius 1 is 0.969 bits per heavy atom. The SMILES string of the molecule is Cc1cc(C)c2nc(-c3ccc(C)s3)cc(C(=O)Nc3nc(C)c(C(=O)N(C)C)s3)c2c1. The lowest BCUT2D eigenvalue weighted by Gasteiger charge is -2.11. The molecule has 164 valence electrons. The second kappa shape index (κ2) is 8.44. The van der Waals surface area contributed by atoms with Gasteiger partial charge in [0.15, 0.2) is 5.13 Å². The number of nitrogens with one attached hydrogen (secondary N) is 1. The van der Waals surface area contributed by atoms with Crippen molar-refractivity contribution in [1.82, 2.24) is 14.9 Å². The summed E-state index contributed by atoms with van der Waals surface area (Å²) >= 11 is 2.83. The minimum atomic E-state index is -0.269. The maximum atomic E-state index is 13.4. The highest BCUT2D eigenvalue weighted by Crippen LogP contribution is 2.32. The van der Waals surface area contributed by atoms with E-state index in [9.17, 15) is 9.59 Å². The molecule has 8 heteroatoms. The first-order valence-electron chi connectivity index (χ1n) is 10.1. The van der Waals surface area contributed by atoms with Crippen LogP contribution in [-0.4, -0.2) is 40.8 Å². The van der Waals surface area contributed by atoms with Crippen LogP contribution in [0.3, 0.4) is 0 Å². The van der Waals surface area contributed by atoms with Gasteiger partial charge in [0, 0.05) is 24.4 Å². The van der Waals surface area contributed by atoms with Gasteiger partial charge in [0.25, 0.3) is 11.8 Å². The first-order chi connectivity index (χ1) is 15.1. The van der Waals surface area contributed by atoms with Crippen LogP contribution >= 0.6 is 22.7 Å². The molecule has 32 heavy (non-hydrogen) atoms. The van der Waals surface area contributed by atoms with Gasteiger partial charge in [0.05, 0.1) is 27.3 Å². The lowest BCUT2D eigenvalue weighted by Crippen LogP contribution is -2.21. The molecule has 1 aromatic carbocycles. The van der Waals surface area contributed by atoms with E-state index in [1.54, 1.807) is 32.4 Å². The van der Waals surface area contributed by atoms with Gasteiger partial charge in [-0.05, 0) is 57.5 Å². The van der Waals surface area contributed by atoms with Gasteiger partial charge >= 0.3 is 0 Å². The molecule has 2 amide bonds. The minimum Gasteiger partial charge on any atom is -0.344 e. The molecule has 4 aromatic rings. The molecular formula is C24H24N4O2S2. The summed E-state index contributed by atoms with van der Waals surface area (Å²) in [6.45, 7) is 7.84. The summed E-state index contributed by atoms with van der Waals surface area (Å²) in [4.78, 5) is 39.3. The van der Waals surface area contributed by atoms with Crippen LogP contribution in [0.5, 0.6) is 0 Å². The van der Waals surface area contributed by atoms with E-state index in [1.165, 1.54) is 21.1 Å². The number of thiazole rings is 1. The Morgan fingerprint density at radius 2 is 1.72 bits per heavy atom. The van der Waals surface area contributed by atoms with E-state index in [0.717, 1.165) is 32.6 Å². The first kappa shape index (κ1) is 22.1. The molecule has 0 radical (unpaired) electrons. The first-order valence-corrected chi connectivity index (χ1v) is 11.8. The number of nitrogens with zero attached hydrogens (tertiary/aromatic N) is 3. The summed E-state index contributed by atoms with van der Waals surface area (Å²) in [5.74, 6) is -0.397. The summed E-state index contributed by atoms with van der Waals surface area (Å²) in [6.07, 6.45) is 0. The molecule has 0 fully saturated rings. The third-order valence-electron chi connectivity index (χ3n) is 5.10. The van der Waals surface area contributed by atoms with E-state index in [2.05, 4.69) is 29.4 Å². The molecule has 0 bridgehead atoms. The fourth-order valence-corrected chi connectivity index (χ4v) is 5.39. The number of carbonyl (C=O) groups is 2. The van der Waals surface area contributed by atoms with Crippen molar-refractivity contribution >= 4 is 50.5 Å². The summed E-state index contributed by atoms with van der Waals surface area (Å²) in [5.41, 5.74) is 4.80. The molecule has 4 rings (SSSR count). The molecule has 0 spiro atoms. The molecular weight excluding hydrogens is 440 g/mol. The fourth-order valence-electron chi connectivity index (χ4n) is 3.58. The van der Waals surface area contributed by atoms with Crippen molar-refractivity contribution < 1.29 is 9.59 Å². The lowest BCUT2D eigenvalue weighted by atomic mass is 10.0. The van der Waals surface area contributed by atoms with Gasteiger partial charge in [-0.2, -0.15) is 0 Å². The molecule has 0 saturated heterocycles. The molecule has 0 aliphatic rings. The fraction of sp³-hybridized carbons (Fsp3) is 0.250. The Balaban J connectivity index is 1.80. The predicted molar refractivity (Wildman–Crippen MR) is 132 cm³/mol. The molecule has 0 aliphatic heterocycles. The number of hydrogen-bond donors (Lipinski definition) is 1. The standard InChI is InChI=1S/C24H24N4O2S2/c1-12-9-13(2)20-16(10-12)17(11-18(26-20)19-8-7-14(3)31-19)22(29)27-24-25-15(4)21(32-24)23(30)28(5)6/h7-11H,1-6H3,(H,25,27,29). The Kier molecular flexibility index (Phi) is 5.83. The third kappa shape index (κ3) is 4.16. The summed E-state index contributed by atoms with van der Waals surface area (Å²) in [7, 11) is 3.39. The number of hydrogen-bond acceptors (Lipinski definition) is 6. The van der Waals surface area contributed by atoms with Gasteiger partial charge in [0.2, 0.25) is 0 Å². The highest BCUT2D eigenvalue weighted by molar-refractivity contribution is 7.17. The Morgan fingerprint density at radius 3 is 2.38 bits per heavy atom. The second-order valence-electron chi connectivity index (χ2n) is 8.03. The second-order valence-corrected chi connectivity index (χ2v) is 10.3. The van der Waals surface area contributed by atoms with Crippen LogP contribution in [0.25, 0.3) is 21.5 Å². The Labute approximate surface area is 194 Å². The third-order valence-corrected chi connectivity index (χ3v) is 7.19. The van der Waals surface area contributed by atoms with Crippen LogP contribution < -0.4 is 5.32 Å². The lowest BCUT2D eigenvalue weighted by molar-refractivity contribution is 0.0831. The number of carbonyl (C=O) groups excluding carboxylic acids is 2. The average molecular weight is 465 g/mol. The minimum absolute atomic E-state index is 0.128. The monoisotopic (exact) mass is 464 g/mol. The number of benzene rings is 1. The normalized spacial score (nSPS) is 11.1. The highest BCUT2D eigenvalue weighted by atomic mass is 32.1. The van der Waals surface area contributed by atoms with Crippen LogP contribution in [-0.2, 0) is 0 Å². The predicted octanol–water partition coefficient (Wildman–Crippen LogP) is 5.61. The van der Waals surface area contributed by atoms with Crippen molar-refractivity contribution in [3.63, 3.8) is 0 Å². The zero-order chi connectivity index (χ0) is 23.2. The van der Waals surface area contributed by atoms with E-state index >= 15 is 0 Å². The zero-order valence-corrected chi connectivity index (χ0v) is 20.5. The molecule has 0 saturated carbocycles. The largest absolute Gasteiger partial charge is 0.344 e. The summed E-state index contributed by atoms with van der Waals surface area (Å²) < 4.78 is 0. The van der Waals surface area contributed by atoms with Gasteiger partial charge in [-0.3, -0.25) is 14.9 Å². The molecule has 1 N–H and O–H groups in total. The topological polar surface area (TPSA) is 75.2 Å². The number of amides is 2. The molecule has 0 atom stereocenters. The van der Waals surface area contributed by atoms with Crippen molar-refractivity contribution in [2.45, 2.75) is 27.7 Å². The molecule has 0 aliphatic carbocycles. The maximum absolute atomic E-state index is 13.4. The van der Waals surface area contributed by atoms with E-state index in [0.29, 0.717) is 21.3 Å². The van der Waals surface area contributed by atoms with E-state index < -0.39 is 0 Å². The highest BCUT2D eigenvalue weighted by Gasteiger charge is 2.21. The number of fused-ring (bicyclic) bond motifs is 1. The van der Waals surface area contributed by atoms with E-state index in [1.807, 2.05) is 32.0 Å². The number of rotatable bonds is 4. The van der Waals surface area contributed by atoms with Crippen molar-refractivity contribution in [3.8, 4) is 10.6 Å². The number of thiophene rings is 1. The molecule has 3 heterocycles. The number of anilines is 1. The van der Waals surface area contributed by atoms with Gasteiger partial charge in [0.1, 0.15) is 4.88 Å². The van der Waals surface area contributed by atoms with Crippen LogP contribution in [0.15, 0.2) is 30.3 Å². The Hall–Kier alpha value is -3.10. The van der Waals surface area contributed by atoms with Crippen LogP contribution in [0.4, 0.5) is 5.13 Å². The van der Waals surface area contributed by atoms with E-state index in [4.69, 9.17) is 4.98 Å². The molecule has 3 aromatic heterocycles. The van der Waals surface area contributed by atoms with Crippen LogP contribution in [0.1, 0.15) is 41.7 Å². The van der Waals surface area contributed by atoms with Crippen LogP contribution in [0, 0.1) is 27.7 Å². The Bertz CT molecular complexity index is 1370. The summed E-state index contributed by atoms with van der Waals surface area (Å²) in [5, 5.41) is 4.11.